The van der Waals surface area contributed by atoms with Crippen molar-refractivity contribution in [3.05, 3.63) is 12.2 Å². The van der Waals surface area contributed by atoms with Gasteiger partial charge in [-0.3, -0.25) is 4.79 Å². The molecule has 0 aromatic carbocycles. The van der Waals surface area contributed by atoms with Gasteiger partial charge in [0.15, 0.2) is 0 Å². The molecule has 0 spiro atoms. The molecule has 0 atom stereocenters. The van der Waals surface area contributed by atoms with Crippen molar-refractivity contribution in [2.24, 2.45) is 0 Å². The highest BCUT2D eigenvalue weighted by Gasteiger charge is 2.17. The predicted octanol–water partition coefficient (Wildman–Crippen LogP) is 2.37. The minimum absolute atomic E-state index is 0.258. The second-order valence-corrected chi connectivity index (χ2v) is 4.65. The summed E-state index contributed by atoms with van der Waals surface area (Å²) < 4.78 is 5.41. The van der Waals surface area contributed by atoms with E-state index in [1.165, 1.54) is 5.57 Å². The maximum atomic E-state index is 11.8. The van der Waals surface area contributed by atoms with Crippen LogP contribution in [0.25, 0.3) is 0 Å². The Hall–Kier alpha value is -0.830. The molecule has 0 bridgehead atoms. The first-order chi connectivity index (χ1) is 7.59. The van der Waals surface area contributed by atoms with Crippen LogP contribution in [0.5, 0.6) is 0 Å². The van der Waals surface area contributed by atoms with Crippen LogP contribution in [-0.4, -0.2) is 36.6 Å². The van der Waals surface area contributed by atoms with E-state index in [0.29, 0.717) is 13.0 Å². The van der Waals surface area contributed by atoms with Crippen molar-refractivity contribution >= 4 is 5.91 Å². The van der Waals surface area contributed by atoms with E-state index in [0.717, 1.165) is 32.4 Å². The van der Waals surface area contributed by atoms with Crippen molar-refractivity contribution in [3.63, 3.8) is 0 Å². The number of amides is 1. The number of hydrogen-bond acceptors (Lipinski definition) is 2. The van der Waals surface area contributed by atoms with Crippen LogP contribution in [0.2, 0.25) is 0 Å². The normalized spacial score (nSPS) is 16.9. The molecule has 0 N–H and O–H groups in total. The van der Waals surface area contributed by atoms with Gasteiger partial charge in [-0.2, -0.15) is 0 Å². The van der Waals surface area contributed by atoms with Gasteiger partial charge >= 0.3 is 0 Å². The van der Waals surface area contributed by atoms with Crippen LogP contribution < -0.4 is 0 Å². The molecule has 0 radical (unpaired) electrons. The Morgan fingerprint density at radius 3 is 2.62 bits per heavy atom. The average molecular weight is 225 g/mol. The van der Waals surface area contributed by atoms with E-state index in [-0.39, 0.29) is 12.0 Å². The van der Waals surface area contributed by atoms with Crippen LogP contribution in [0.3, 0.4) is 0 Å². The average Bonchev–Trinajstić information content (AvgIpc) is 2.25. The fraction of sp³-hybridized carbons (Fsp3) is 0.769. The number of hydrogen-bond donors (Lipinski definition) is 0. The highest BCUT2D eigenvalue weighted by molar-refractivity contribution is 5.76. The first-order valence-corrected chi connectivity index (χ1v) is 6.15. The zero-order chi connectivity index (χ0) is 12.0. The molecule has 16 heavy (non-hydrogen) atoms. The zero-order valence-corrected chi connectivity index (χ0v) is 10.5. The lowest BCUT2D eigenvalue weighted by Gasteiger charge is -2.28. The molecule has 0 aromatic heterocycles. The summed E-state index contributed by atoms with van der Waals surface area (Å²) in [7, 11) is 0. The maximum Gasteiger partial charge on any atom is 0.222 e. The molecule has 1 rings (SSSR count). The third kappa shape index (κ3) is 4.79. The molecule has 0 saturated carbocycles. The monoisotopic (exact) mass is 225 g/mol. The Kier molecular flexibility index (Phi) is 5.53. The summed E-state index contributed by atoms with van der Waals surface area (Å²) in [4.78, 5) is 13.7. The van der Waals surface area contributed by atoms with Gasteiger partial charge in [0.25, 0.3) is 0 Å². The Balaban J connectivity index is 2.12. The number of rotatable bonds is 5. The molecule has 3 nitrogen and oxygen atoms in total. The Labute approximate surface area is 98.5 Å². The van der Waals surface area contributed by atoms with Gasteiger partial charge in [-0.25, -0.2) is 0 Å². The summed E-state index contributed by atoms with van der Waals surface area (Å²) in [6.07, 6.45) is 3.63. The minimum Gasteiger partial charge on any atom is -0.379 e. The van der Waals surface area contributed by atoms with E-state index >= 15 is 0 Å². The SMILES string of the molecule is C=C1CCN(C(=O)CCCOC(C)C)CC1. The van der Waals surface area contributed by atoms with Crippen molar-refractivity contribution in [2.45, 2.75) is 45.6 Å². The number of ether oxygens (including phenoxy) is 1. The molecule has 1 heterocycles. The van der Waals surface area contributed by atoms with Crippen molar-refractivity contribution in [1.82, 2.24) is 4.90 Å². The summed E-state index contributed by atoms with van der Waals surface area (Å²) in [5, 5.41) is 0. The summed E-state index contributed by atoms with van der Waals surface area (Å²) in [5.41, 5.74) is 1.27. The minimum atomic E-state index is 0.258. The summed E-state index contributed by atoms with van der Waals surface area (Å²) >= 11 is 0. The van der Waals surface area contributed by atoms with E-state index in [1.54, 1.807) is 0 Å². The summed E-state index contributed by atoms with van der Waals surface area (Å²) in [5.74, 6) is 0.264. The smallest absolute Gasteiger partial charge is 0.222 e. The summed E-state index contributed by atoms with van der Waals surface area (Å²) in [6.45, 7) is 10.4. The van der Waals surface area contributed by atoms with E-state index in [4.69, 9.17) is 4.74 Å². The van der Waals surface area contributed by atoms with Crippen LogP contribution in [0, 0.1) is 0 Å². The molecule has 0 aromatic rings. The van der Waals surface area contributed by atoms with Gasteiger partial charge in [-0.1, -0.05) is 12.2 Å². The van der Waals surface area contributed by atoms with Crippen LogP contribution in [0.4, 0.5) is 0 Å². The highest BCUT2D eigenvalue weighted by atomic mass is 16.5. The molecular formula is C13H23NO2. The number of nitrogens with zero attached hydrogens (tertiary/aromatic N) is 1. The number of carbonyl (C=O) groups is 1. The van der Waals surface area contributed by atoms with Crippen molar-refractivity contribution in [2.75, 3.05) is 19.7 Å². The predicted molar refractivity (Wildman–Crippen MR) is 65.3 cm³/mol. The molecule has 92 valence electrons. The molecule has 1 amide bonds. The molecular weight excluding hydrogens is 202 g/mol. The standard InChI is InChI=1S/C13H23NO2/c1-11(2)16-10-4-5-13(15)14-8-6-12(3)7-9-14/h11H,3-10H2,1-2H3. The third-order valence-electron chi connectivity index (χ3n) is 2.81. The van der Waals surface area contributed by atoms with Crippen LogP contribution in [0.1, 0.15) is 39.5 Å². The Bertz CT molecular complexity index is 238. The second-order valence-electron chi connectivity index (χ2n) is 4.65. The van der Waals surface area contributed by atoms with Crippen molar-refractivity contribution in [1.29, 1.82) is 0 Å². The van der Waals surface area contributed by atoms with E-state index in [2.05, 4.69) is 6.58 Å². The lowest BCUT2D eigenvalue weighted by Crippen LogP contribution is -2.36. The van der Waals surface area contributed by atoms with Crippen LogP contribution in [-0.2, 0) is 9.53 Å². The Morgan fingerprint density at radius 1 is 1.44 bits per heavy atom. The topological polar surface area (TPSA) is 29.5 Å². The van der Waals surface area contributed by atoms with E-state index in [1.807, 2.05) is 18.7 Å². The van der Waals surface area contributed by atoms with Crippen LogP contribution >= 0.6 is 0 Å². The number of likely N-dealkylation sites (tertiary alicyclic amines) is 1. The fourth-order valence-electron chi connectivity index (χ4n) is 1.77. The largest absolute Gasteiger partial charge is 0.379 e. The van der Waals surface area contributed by atoms with Gasteiger partial charge in [-0.15, -0.1) is 0 Å². The zero-order valence-electron chi connectivity index (χ0n) is 10.5. The fourth-order valence-corrected chi connectivity index (χ4v) is 1.77. The molecule has 0 aliphatic carbocycles. The Morgan fingerprint density at radius 2 is 2.06 bits per heavy atom. The second kappa shape index (κ2) is 6.69. The van der Waals surface area contributed by atoms with Crippen LogP contribution in [0.15, 0.2) is 12.2 Å². The lowest BCUT2D eigenvalue weighted by molar-refractivity contribution is -0.132. The van der Waals surface area contributed by atoms with Gasteiger partial charge in [0.1, 0.15) is 0 Å². The lowest BCUT2D eigenvalue weighted by atomic mass is 10.1. The molecule has 1 saturated heterocycles. The molecule has 3 heteroatoms. The van der Waals surface area contributed by atoms with Gasteiger partial charge in [0.05, 0.1) is 6.10 Å². The van der Waals surface area contributed by atoms with Gasteiger partial charge in [-0.05, 0) is 33.1 Å². The molecule has 1 fully saturated rings. The first kappa shape index (κ1) is 13.2. The third-order valence-corrected chi connectivity index (χ3v) is 2.81. The quantitative estimate of drug-likeness (QED) is 0.531. The van der Waals surface area contributed by atoms with Crippen molar-refractivity contribution < 1.29 is 9.53 Å². The molecule has 1 aliphatic heterocycles. The number of piperidine rings is 1. The van der Waals surface area contributed by atoms with E-state index in [9.17, 15) is 4.79 Å². The van der Waals surface area contributed by atoms with Gasteiger partial charge in [0.2, 0.25) is 5.91 Å². The molecule has 0 unspecified atom stereocenters. The van der Waals surface area contributed by atoms with E-state index < -0.39 is 0 Å². The highest BCUT2D eigenvalue weighted by Crippen LogP contribution is 2.14. The number of carbonyl (C=O) groups excluding carboxylic acids is 1. The molecule has 1 aliphatic rings. The summed E-state index contributed by atoms with van der Waals surface area (Å²) in [6, 6.07) is 0. The van der Waals surface area contributed by atoms with Crippen molar-refractivity contribution in [3.8, 4) is 0 Å². The van der Waals surface area contributed by atoms with Gasteiger partial charge < -0.3 is 9.64 Å². The van der Waals surface area contributed by atoms with Gasteiger partial charge in [0, 0.05) is 26.1 Å². The first-order valence-electron chi connectivity index (χ1n) is 6.15. The maximum absolute atomic E-state index is 11.8.